The number of rotatable bonds is 4. The third kappa shape index (κ3) is 2.78. The summed E-state index contributed by atoms with van der Waals surface area (Å²) in [5.41, 5.74) is 0. The lowest BCUT2D eigenvalue weighted by Gasteiger charge is -2.16. The van der Waals surface area contributed by atoms with Gasteiger partial charge in [-0.3, -0.25) is 0 Å². The maximum atomic E-state index is 5.97. The van der Waals surface area contributed by atoms with E-state index >= 15 is 0 Å². The third-order valence-electron chi connectivity index (χ3n) is 2.61. The summed E-state index contributed by atoms with van der Waals surface area (Å²) in [7, 11) is 1.91. The Morgan fingerprint density at radius 1 is 1.30 bits per heavy atom. The lowest BCUT2D eigenvalue weighted by molar-refractivity contribution is 0.775. The molecular formula is C12H11ClN6S. The molecule has 3 heterocycles. The van der Waals surface area contributed by atoms with Gasteiger partial charge in [-0.2, -0.15) is 20.1 Å². The first-order valence-corrected chi connectivity index (χ1v) is 7.13. The molecule has 0 aliphatic carbocycles. The van der Waals surface area contributed by atoms with Crippen LogP contribution in [0.4, 0.5) is 5.95 Å². The maximum absolute atomic E-state index is 5.97. The smallest absolute Gasteiger partial charge is 0.256 e. The van der Waals surface area contributed by atoms with Gasteiger partial charge in [-0.25, -0.2) is 4.68 Å². The van der Waals surface area contributed by atoms with Crippen molar-refractivity contribution < 1.29 is 0 Å². The third-order valence-corrected chi connectivity index (χ3v) is 3.64. The van der Waals surface area contributed by atoms with Crippen LogP contribution < -0.4 is 4.90 Å². The van der Waals surface area contributed by atoms with E-state index in [1.165, 1.54) is 4.88 Å². The first-order valence-electron chi connectivity index (χ1n) is 5.87. The Balaban J connectivity index is 1.89. The van der Waals surface area contributed by atoms with Crippen molar-refractivity contribution in [3.05, 3.63) is 46.1 Å². The van der Waals surface area contributed by atoms with Gasteiger partial charge in [0, 0.05) is 24.3 Å². The van der Waals surface area contributed by atoms with Gasteiger partial charge in [0.1, 0.15) is 0 Å². The van der Waals surface area contributed by atoms with Crippen molar-refractivity contribution in [2.24, 2.45) is 0 Å². The van der Waals surface area contributed by atoms with Gasteiger partial charge < -0.3 is 4.90 Å². The topological polar surface area (TPSA) is 59.7 Å². The van der Waals surface area contributed by atoms with Crippen LogP contribution in [0.5, 0.6) is 0 Å². The van der Waals surface area contributed by atoms with Crippen molar-refractivity contribution in [1.82, 2.24) is 24.7 Å². The number of anilines is 1. The fourth-order valence-corrected chi connectivity index (χ4v) is 2.61. The minimum atomic E-state index is 0.151. The highest BCUT2D eigenvalue weighted by atomic mass is 35.5. The number of nitrogens with zero attached hydrogens (tertiary/aromatic N) is 6. The highest BCUT2D eigenvalue weighted by Gasteiger charge is 2.11. The largest absolute Gasteiger partial charge is 0.339 e. The molecule has 0 aliphatic rings. The van der Waals surface area contributed by atoms with Crippen LogP contribution in [0.25, 0.3) is 5.95 Å². The summed E-state index contributed by atoms with van der Waals surface area (Å²) < 4.78 is 1.55. The molecular weight excluding hydrogens is 296 g/mol. The van der Waals surface area contributed by atoms with E-state index in [9.17, 15) is 0 Å². The lowest BCUT2D eigenvalue weighted by Crippen LogP contribution is -2.20. The summed E-state index contributed by atoms with van der Waals surface area (Å²) in [4.78, 5) is 15.8. The monoisotopic (exact) mass is 306 g/mol. The number of hydrogen-bond donors (Lipinski definition) is 0. The molecule has 3 aromatic rings. The van der Waals surface area contributed by atoms with Crippen molar-refractivity contribution in [1.29, 1.82) is 0 Å². The van der Waals surface area contributed by atoms with Crippen LogP contribution in [-0.4, -0.2) is 31.8 Å². The molecule has 0 radical (unpaired) electrons. The average molecular weight is 307 g/mol. The minimum Gasteiger partial charge on any atom is -0.339 e. The van der Waals surface area contributed by atoms with Gasteiger partial charge in [-0.05, 0) is 29.1 Å². The Morgan fingerprint density at radius 3 is 2.90 bits per heavy atom. The summed E-state index contributed by atoms with van der Waals surface area (Å²) >= 11 is 7.65. The van der Waals surface area contributed by atoms with E-state index in [0.29, 0.717) is 11.9 Å². The Morgan fingerprint density at radius 2 is 2.20 bits per heavy atom. The maximum Gasteiger partial charge on any atom is 0.256 e. The zero-order valence-electron chi connectivity index (χ0n) is 10.6. The van der Waals surface area contributed by atoms with Gasteiger partial charge >= 0.3 is 0 Å². The predicted octanol–water partition coefficient (Wildman–Crippen LogP) is 2.41. The second-order valence-electron chi connectivity index (χ2n) is 4.09. The molecule has 6 nitrogen and oxygen atoms in total. The number of hydrogen-bond acceptors (Lipinski definition) is 6. The van der Waals surface area contributed by atoms with E-state index in [0.717, 1.165) is 6.54 Å². The Hall–Kier alpha value is -1.99. The molecule has 3 aromatic heterocycles. The zero-order valence-corrected chi connectivity index (χ0v) is 12.2. The number of halogens is 1. The molecule has 0 aromatic carbocycles. The molecule has 0 N–H and O–H groups in total. The molecule has 0 atom stereocenters. The van der Waals surface area contributed by atoms with Crippen molar-refractivity contribution in [3.8, 4) is 5.95 Å². The summed E-state index contributed by atoms with van der Waals surface area (Å²) in [6, 6.07) is 5.88. The summed E-state index contributed by atoms with van der Waals surface area (Å²) in [5.74, 6) is 0.923. The van der Waals surface area contributed by atoms with Crippen LogP contribution in [0.3, 0.4) is 0 Å². The molecule has 0 amide bonds. The van der Waals surface area contributed by atoms with Crippen LogP contribution in [-0.2, 0) is 6.54 Å². The molecule has 0 fully saturated rings. The van der Waals surface area contributed by atoms with Gasteiger partial charge in [0.25, 0.3) is 5.95 Å². The molecule has 0 aliphatic heterocycles. The second kappa shape index (κ2) is 5.56. The molecule has 0 unspecified atom stereocenters. The molecule has 0 saturated carbocycles. The van der Waals surface area contributed by atoms with Crippen molar-refractivity contribution >= 4 is 28.9 Å². The fraction of sp³-hybridized carbons (Fsp3) is 0.167. The van der Waals surface area contributed by atoms with E-state index < -0.39 is 0 Å². The summed E-state index contributed by atoms with van der Waals surface area (Å²) in [6.07, 6.45) is 3.42. The summed E-state index contributed by atoms with van der Waals surface area (Å²) in [6.45, 7) is 0.719. The van der Waals surface area contributed by atoms with Gasteiger partial charge in [0.2, 0.25) is 11.2 Å². The molecule has 102 valence electrons. The van der Waals surface area contributed by atoms with E-state index in [2.05, 4.69) is 26.1 Å². The molecule has 0 saturated heterocycles. The first-order chi connectivity index (χ1) is 9.72. The SMILES string of the molecule is CN(Cc1cccs1)c1nc(Cl)nc(-n2cccn2)n1. The lowest BCUT2D eigenvalue weighted by atomic mass is 10.4. The Labute approximate surface area is 124 Å². The highest BCUT2D eigenvalue weighted by Crippen LogP contribution is 2.16. The molecule has 0 spiro atoms. The zero-order chi connectivity index (χ0) is 13.9. The first kappa shape index (κ1) is 13.0. The molecule has 8 heteroatoms. The fourth-order valence-electron chi connectivity index (χ4n) is 1.70. The standard InChI is InChI=1S/C12H11ClN6S/c1-18(8-9-4-2-7-20-9)11-15-10(13)16-12(17-11)19-6-3-5-14-19/h2-7H,8H2,1H3. The Kier molecular flexibility index (Phi) is 3.62. The Bertz CT molecular complexity index is 682. The van der Waals surface area contributed by atoms with E-state index in [4.69, 9.17) is 11.6 Å². The minimum absolute atomic E-state index is 0.151. The van der Waals surface area contributed by atoms with Crippen molar-refractivity contribution in [2.45, 2.75) is 6.54 Å². The van der Waals surface area contributed by atoms with Gasteiger partial charge in [-0.1, -0.05) is 6.07 Å². The van der Waals surface area contributed by atoms with E-state index in [1.807, 2.05) is 23.4 Å². The highest BCUT2D eigenvalue weighted by molar-refractivity contribution is 7.09. The van der Waals surface area contributed by atoms with Crippen molar-refractivity contribution in [2.75, 3.05) is 11.9 Å². The quantitative estimate of drug-likeness (QED) is 0.741. The van der Waals surface area contributed by atoms with Gasteiger partial charge in [0.05, 0.1) is 6.54 Å². The number of aromatic nitrogens is 5. The van der Waals surface area contributed by atoms with E-state index in [1.54, 1.807) is 34.5 Å². The second-order valence-corrected chi connectivity index (χ2v) is 5.46. The van der Waals surface area contributed by atoms with Crippen LogP contribution in [0.1, 0.15) is 4.88 Å². The molecule has 3 rings (SSSR count). The van der Waals surface area contributed by atoms with E-state index in [-0.39, 0.29) is 5.28 Å². The normalized spacial score (nSPS) is 10.7. The molecule has 20 heavy (non-hydrogen) atoms. The number of thiophene rings is 1. The van der Waals surface area contributed by atoms with Crippen molar-refractivity contribution in [3.63, 3.8) is 0 Å². The molecule has 0 bridgehead atoms. The average Bonchev–Trinajstić information content (AvgIpc) is 3.11. The van der Waals surface area contributed by atoms with Crippen LogP contribution in [0.2, 0.25) is 5.28 Å². The van der Waals surface area contributed by atoms with Crippen LogP contribution in [0.15, 0.2) is 36.0 Å². The van der Waals surface area contributed by atoms with Crippen LogP contribution >= 0.6 is 22.9 Å². The van der Waals surface area contributed by atoms with Crippen LogP contribution in [0, 0.1) is 0 Å². The predicted molar refractivity (Wildman–Crippen MR) is 78.4 cm³/mol. The summed E-state index contributed by atoms with van der Waals surface area (Å²) in [5, 5.41) is 6.28. The van der Waals surface area contributed by atoms with Gasteiger partial charge in [0.15, 0.2) is 0 Å². The van der Waals surface area contributed by atoms with Gasteiger partial charge in [-0.15, -0.1) is 11.3 Å².